The minimum atomic E-state index is 0.492. The molecule has 0 saturated carbocycles. The Morgan fingerprint density at radius 1 is 1.17 bits per heavy atom. The molecule has 0 aliphatic carbocycles. The van der Waals surface area contributed by atoms with Crippen molar-refractivity contribution < 1.29 is 9.47 Å². The summed E-state index contributed by atoms with van der Waals surface area (Å²) < 4.78 is 12.1. The van der Waals surface area contributed by atoms with Crippen molar-refractivity contribution in [2.24, 2.45) is 0 Å². The van der Waals surface area contributed by atoms with E-state index in [1.54, 1.807) is 6.20 Å². The Morgan fingerprint density at radius 3 is 2.83 bits per heavy atom. The number of thiazole rings is 1. The van der Waals surface area contributed by atoms with Crippen LogP contribution in [0.3, 0.4) is 0 Å². The number of rotatable bonds is 3. The molecule has 0 bridgehead atoms. The van der Waals surface area contributed by atoms with Crippen molar-refractivity contribution in [1.29, 1.82) is 5.26 Å². The molecule has 0 atom stereocenters. The predicted octanol–water partition coefficient (Wildman–Crippen LogP) is 4.04. The van der Waals surface area contributed by atoms with Gasteiger partial charge in [-0.2, -0.15) is 5.26 Å². The summed E-state index contributed by atoms with van der Waals surface area (Å²) in [6.07, 6.45) is 1.67. The fourth-order valence-corrected chi connectivity index (χ4v) is 3.35. The van der Waals surface area contributed by atoms with Gasteiger partial charge in [-0.15, -0.1) is 11.3 Å². The van der Waals surface area contributed by atoms with E-state index in [0.717, 1.165) is 21.7 Å². The number of anilines is 1. The van der Waals surface area contributed by atoms with Gasteiger partial charge in [0.25, 0.3) is 0 Å². The third kappa shape index (κ3) is 2.77. The lowest BCUT2D eigenvalue weighted by Crippen LogP contribution is -2.15. The number of hydrogen-bond donors (Lipinski definition) is 1. The minimum absolute atomic E-state index is 0.492. The fraction of sp³-hybridized carbons (Fsp3) is 0.111. The molecular formula is C18H13N3O2S. The maximum absolute atomic E-state index is 9.44. The Hall–Kier alpha value is -3.04. The van der Waals surface area contributed by atoms with E-state index >= 15 is 0 Å². The second-order valence-electron chi connectivity index (χ2n) is 5.16. The van der Waals surface area contributed by atoms with Crippen molar-refractivity contribution in [3.05, 3.63) is 53.7 Å². The number of aromatic nitrogens is 1. The molecule has 0 radical (unpaired) electrons. The van der Waals surface area contributed by atoms with Gasteiger partial charge in [0.2, 0.25) is 0 Å². The summed E-state index contributed by atoms with van der Waals surface area (Å²) in [5, 5.41) is 13.3. The number of allylic oxidation sites excluding steroid dienone is 1. The molecule has 6 heteroatoms. The highest BCUT2D eigenvalue weighted by molar-refractivity contribution is 7.19. The monoisotopic (exact) mass is 335 g/mol. The van der Waals surface area contributed by atoms with Crippen LogP contribution in [0, 0.1) is 11.3 Å². The van der Waals surface area contributed by atoms with E-state index < -0.39 is 0 Å². The summed E-state index contributed by atoms with van der Waals surface area (Å²) in [6.45, 7) is 1.11. The first-order valence-electron chi connectivity index (χ1n) is 7.46. The van der Waals surface area contributed by atoms with Crippen molar-refractivity contribution in [2.75, 3.05) is 18.5 Å². The number of para-hydroxylation sites is 1. The van der Waals surface area contributed by atoms with Gasteiger partial charge in [0.1, 0.15) is 29.9 Å². The van der Waals surface area contributed by atoms with Crippen LogP contribution in [0.4, 0.5) is 5.69 Å². The smallest absolute Gasteiger partial charge is 0.163 e. The normalized spacial score (nSPS) is 13.5. The molecular weight excluding hydrogens is 322 g/mol. The average molecular weight is 335 g/mol. The van der Waals surface area contributed by atoms with E-state index in [1.165, 1.54) is 11.3 Å². The van der Waals surface area contributed by atoms with Crippen molar-refractivity contribution >= 4 is 32.8 Å². The van der Waals surface area contributed by atoms with Crippen LogP contribution in [0.15, 0.2) is 48.7 Å². The van der Waals surface area contributed by atoms with E-state index in [9.17, 15) is 5.26 Å². The zero-order valence-electron chi connectivity index (χ0n) is 12.7. The molecule has 1 aliphatic heterocycles. The zero-order chi connectivity index (χ0) is 16.4. The van der Waals surface area contributed by atoms with Gasteiger partial charge in [0.15, 0.2) is 11.5 Å². The molecule has 0 fully saturated rings. The molecule has 5 nitrogen and oxygen atoms in total. The second-order valence-corrected chi connectivity index (χ2v) is 6.19. The van der Waals surface area contributed by atoms with Gasteiger partial charge in [-0.05, 0) is 24.3 Å². The Labute approximate surface area is 142 Å². The van der Waals surface area contributed by atoms with Crippen molar-refractivity contribution in [2.45, 2.75) is 0 Å². The van der Waals surface area contributed by atoms with Gasteiger partial charge in [0, 0.05) is 18.0 Å². The highest BCUT2D eigenvalue weighted by atomic mass is 32.1. The first kappa shape index (κ1) is 14.5. The first-order chi connectivity index (χ1) is 11.8. The standard InChI is InChI=1S/C18H13N3O2S/c19-10-12(18-21-14-3-1-2-4-17(14)24-18)11-20-13-5-6-15-16(9-13)23-8-7-22-15/h1-6,9,11,20H,7-8H2. The van der Waals surface area contributed by atoms with Gasteiger partial charge < -0.3 is 14.8 Å². The van der Waals surface area contributed by atoms with Crippen LogP contribution >= 0.6 is 11.3 Å². The van der Waals surface area contributed by atoms with E-state index in [4.69, 9.17) is 9.47 Å². The molecule has 0 amide bonds. The lowest BCUT2D eigenvalue weighted by Gasteiger charge is -2.18. The van der Waals surface area contributed by atoms with Gasteiger partial charge in [-0.25, -0.2) is 4.98 Å². The Kier molecular flexibility index (Phi) is 3.77. The fourth-order valence-electron chi connectivity index (χ4n) is 2.42. The third-order valence-corrected chi connectivity index (χ3v) is 4.64. The topological polar surface area (TPSA) is 67.2 Å². The molecule has 4 rings (SSSR count). The lowest BCUT2D eigenvalue weighted by atomic mass is 10.2. The first-order valence-corrected chi connectivity index (χ1v) is 8.27. The molecule has 2 aromatic carbocycles. The number of nitriles is 1. The van der Waals surface area contributed by atoms with E-state index in [-0.39, 0.29) is 0 Å². The van der Waals surface area contributed by atoms with Gasteiger partial charge >= 0.3 is 0 Å². The molecule has 2 heterocycles. The third-order valence-electron chi connectivity index (χ3n) is 3.57. The highest BCUT2D eigenvalue weighted by Gasteiger charge is 2.12. The number of ether oxygens (including phenoxy) is 2. The average Bonchev–Trinajstić information content (AvgIpc) is 3.06. The number of nitrogens with one attached hydrogen (secondary N) is 1. The summed E-state index contributed by atoms with van der Waals surface area (Å²) in [7, 11) is 0. The van der Waals surface area contributed by atoms with Crippen molar-refractivity contribution in [3.63, 3.8) is 0 Å². The van der Waals surface area contributed by atoms with Crippen LogP contribution in [0.2, 0.25) is 0 Å². The summed E-state index contributed by atoms with van der Waals surface area (Å²) >= 11 is 1.50. The highest BCUT2D eigenvalue weighted by Crippen LogP contribution is 2.33. The number of nitrogens with zero attached hydrogens (tertiary/aromatic N) is 2. The minimum Gasteiger partial charge on any atom is -0.486 e. The van der Waals surface area contributed by atoms with Crippen LogP contribution in [0.1, 0.15) is 5.01 Å². The summed E-state index contributed by atoms with van der Waals surface area (Å²) in [6, 6.07) is 15.7. The number of benzene rings is 2. The predicted molar refractivity (Wildman–Crippen MR) is 94.3 cm³/mol. The second kappa shape index (κ2) is 6.22. The van der Waals surface area contributed by atoms with Gasteiger partial charge in [0.05, 0.1) is 10.2 Å². The van der Waals surface area contributed by atoms with Crippen LogP contribution in [0.5, 0.6) is 11.5 Å². The summed E-state index contributed by atoms with van der Waals surface area (Å²) in [4.78, 5) is 4.51. The Bertz CT molecular complexity index is 939. The molecule has 24 heavy (non-hydrogen) atoms. The van der Waals surface area contributed by atoms with Crippen molar-refractivity contribution in [3.8, 4) is 17.6 Å². The maximum atomic E-state index is 9.44. The molecule has 0 unspecified atom stereocenters. The van der Waals surface area contributed by atoms with Gasteiger partial charge in [-0.3, -0.25) is 0 Å². The maximum Gasteiger partial charge on any atom is 0.163 e. The molecule has 0 saturated heterocycles. The van der Waals surface area contributed by atoms with Crippen LogP contribution in [-0.4, -0.2) is 18.2 Å². The summed E-state index contributed by atoms with van der Waals surface area (Å²) in [5.41, 5.74) is 2.22. The largest absolute Gasteiger partial charge is 0.486 e. The number of fused-ring (bicyclic) bond motifs is 2. The molecule has 3 aromatic rings. The number of hydrogen-bond acceptors (Lipinski definition) is 6. The molecule has 1 aromatic heterocycles. The molecule has 118 valence electrons. The van der Waals surface area contributed by atoms with Gasteiger partial charge in [-0.1, -0.05) is 12.1 Å². The molecule has 1 N–H and O–H groups in total. The van der Waals surface area contributed by atoms with Crippen molar-refractivity contribution in [1.82, 2.24) is 4.98 Å². The SMILES string of the molecule is N#CC(=CNc1ccc2c(c1)OCCO2)c1nc2ccccc2s1. The molecule has 0 spiro atoms. The lowest BCUT2D eigenvalue weighted by molar-refractivity contribution is 0.171. The Balaban J connectivity index is 1.60. The van der Waals surface area contributed by atoms with E-state index in [0.29, 0.717) is 29.5 Å². The molecule has 1 aliphatic rings. The quantitative estimate of drug-likeness (QED) is 0.732. The van der Waals surface area contributed by atoms with Crippen LogP contribution in [0.25, 0.3) is 15.8 Å². The van der Waals surface area contributed by atoms with E-state index in [1.807, 2.05) is 42.5 Å². The van der Waals surface area contributed by atoms with Crippen LogP contribution in [-0.2, 0) is 0 Å². The van der Waals surface area contributed by atoms with Crippen LogP contribution < -0.4 is 14.8 Å². The van der Waals surface area contributed by atoms with E-state index in [2.05, 4.69) is 16.4 Å². The Morgan fingerprint density at radius 2 is 2.00 bits per heavy atom. The summed E-state index contributed by atoms with van der Waals surface area (Å²) in [5.74, 6) is 1.45. The zero-order valence-corrected chi connectivity index (χ0v) is 13.5.